The molecule has 92 valence electrons. The maximum atomic E-state index is 9.70. The summed E-state index contributed by atoms with van der Waals surface area (Å²) in [6.07, 6.45) is 0. The van der Waals surface area contributed by atoms with Gasteiger partial charge in [-0.1, -0.05) is 0 Å². The largest absolute Gasteiger partial charge is 0.389 e. The Morgan fingerprint density at radius 2 is 2.00 bits per heavy atom. The Bertz CT molecular complexity index is 157. The zero-order valence-electron chi connectivity index (χ0n) is 10.7. The van der Waals surface area contributed by atoms with Gasteiger partial charge in [0.25, 0.3) is 0 Å². The number of methoxy groups -OCH3 is 1. The van der Waals surface area contributed by atoms with Gasteiger partial charge in [0.2, 0.25) is 0 Å². The fraction of sp³-hybridized carbons (Fsp3) is 1.00. The lowest BCUT2D eigenvalue weighted by Crippen LogP contribution is -2.46. The summed E-state index contributed by atoms with van der Waals surface area (Å²) in [6, 6.07) is 0.105. The summed E-state index contributed by atoms with van der Waals surface area (Å²) in [5, 5.41) is 13.0. The highest BCUT2D eigenvalue weighted by Crippen LogP contribution is 2.06. The van der Waals surface area contributed by atoms with Crippen LogP contribution < -0.4 is 5.32 Å². The molecule has 0 amide bonds. The van der Waals surface area contributed by atoms with Crippen molar-refractivity contribution < 1.29 is 9.84 Å². The minimum Gasteiger partial charge on any atom is -0.389 e. The highest BCUT2D eigenvalue weighted by atomic mass is 16.5. The van der Waals surface area contributed by atoms with Gasteiger partial charge >= 0.3 is 0 Å². The fourth-order valence-electron chi connectivity index (χ4n) is 1.08. The summed E-state index contributed by atoms with van der Waals surface area (Å²) in [4.78, 5) is 2.20. The van der Waals surface area contributed by atoms with Crippen molar-refractivity contribution >= 4 is 0 Å². The highest BCUT2D eigenvalue weighted by Gasteiger charge is 2.21. The van der Waals surface area contributed by atoms with Gasteiger partial charge in [-0.25, -0.2) is 0 Å². The van der Waals surface area contributed by atoms with E-state index >= 15 is 0 Å². The van der Waals surface area contributed by atoms with Crippen LogP contribution in [-0.2, 0) is 4.74 Å². The fourth-order valence-corrected chi connectivity index (χ4v) is 1.08. The summed E-state index contributed by atoms with van der Waals surface area (Å²) < 4.78 is 4.99. The summed E-state index contributed by atoms with van der Waals surface area (Å²) in [5.74, 6) is 0. The number of nitrogens with zero attached hydrogens (tertiary/aromatic N) is 1. The van der Waals surface area contributed by atoms with Gasteiger partial charge in [-0.15, -0.1) is 0 Å². The Hall–Kier alpha value is -0.160. The molecule has 4 heteroatoms. The third-order valence-corrected chi connectivity index (χ3v) is 2.68. The van der Waals surface area contributed by atoms with Gasteiger partial charge in [0.15, 0.2) is 0 Å². The number of likely N-dealkylation sites (N-methyl/N-ethyl adjacent to an activating group) is 1. The van der Waals surface area contributed by atoms with E-state index in [9.17, 15) is 5.11 Å². The van der Waals surface area contributed by atoms with Crippen LogP contribution >= 0.6 is 0 Å². The van der Waals surface area contributed by atoms with Gasteiger partial charge in [0.1, 0.15) is 0 Å². The topological polar surface area (TPSA) is 44.7 Å². The number of hydrogen-bond acceptors (Lipinski definition) is 4. The normalized spacial score (nSPS) is 14.6. The summed E-state index contributed by atoms with van der Waals surface area (Å²) >= 11 is 0. The minimum atomic E-state index is -0.662. The molecule has 0 rings (SSSR count). The van der Waals surface area contributed by atoms with Crippen LogP contribution in [-0.4, -0.2) is 62.0 Å². The van der Waals surface area contributed by atoms with E-state index in [1.165, 1.54) is 0 Å². The second-order valence-electron chi connectivity index (χ2n) is 4.63. The Morgan fingerprint density at radius 1 is 1.40 bits per heavy atom. The minimum absolute atomic E-state index is 0.105. The lowest BCUT2D eigenvalue weighted by molar-refractivity contribution is 0.0434. The molecule has 0 saturated carbocycles. The predicted molar refractivity (Wildman–Crippen MR) is 63.1 cm³/mol. The van der Waals surface area contributed by atoms with Gasteiger partial charge < -0.3 is 20.1 Å². The molecule has 1 unspecified atom stereocenters. The van der Waals surface area contributed by atoms with Crippen molar-refractivity contribution in [2.75, 3.05) is 40.4 Å². The van der Waals surface area contributed by atoms with E-state index in [0.717, 1.165) is 26.2 Å². The molecule has 0 aromatic heterocycles. The van der Waals surface area contributed by atoms with Crippen molar-refractivity contribution in [2.24, 2.45) is 0 Å². The van der Waals surface area contributed by atoms with Crippen molar-refractivity contribution in [3.05, 3.63) is 0 Å². The third kappa shape index (κ3) is 7.73. The maximum Gasteiger partial charge on any atom is 0.0741 e. The average molecular weight is 218 g/mol. The lowest BCUT2D eigenvalue weighted by Gasteiger charge is -2.27. The lowest BCUT2D eigenvalue weighted by atomic mass is 10.0. The van der Waals surface area contributed by atoms with Gasteiger partial charge in [-0.2, -0.15) is 0 Å². The van der Waals surface area contributed by atoms with E-state index in [0.29, 0.717) is 0 Å². The number of rotatable bonds is 8. The molecule has 0 fully saturated rings. The molecule has 0 spiro atoms. The van der Waals surface area contributed by atoms with Gasteiger partial charge in [0, 0.05) is 32.8 Å². The molecular weight excluding hydrogens is 192 g/mol. The zero-order valence-corrected chi connectivity index (χ0v) is 10.7. The molecule has 0 aliphatic heterocycles. The van der Waals surface area contributed by atoms with Crippen molar-refractivity contribution in [1.29, 1.82) is 0 Å². The number of aliphatic hydroxyl groups is 1. The van der Waals surface area contributed by atoms with Crippen LogP contribution in [0.25, 0.3) is 0 Å². The summed E-state index contributed by atoms with van der Waals surface area (Å²) in [7, 11) is 3.78. The molecule has 0 bridgehead atoms. The quantitative estimate of drug-likeness (QED) is 0.615. The number of hydrogen-bond donors (Lipinski definition) is 2. The Labute approximate surface area is 93.6 Å². The van der Waals surface area contributed by atoms with Crippen molar-refractivity contribution in [3.63, 3.8) is 0 Å². The zero-order chi connectivity index (χ0) is 11.9. The monoisotopic (exact) mass is 218 g/mol. The van der Waals surface area contributed by atoms with Crippen LogP contribution in [0.5, 0.6) is 0 Å². The average Bonchev–Trinajstić information content (AvgIpc) is 2.13. The molecule has 0 aromatic rings. The first-order valence-corrected chi connectivity index (χ1v) is 5.51. The molecular formula is C11H26N2O2. The molecule has 0 radical (unpaired) electrons. The summed E-state index contributed by atoms with van der Waals surface area (Å²) in [6.45, 7) is 9.18. The Morgan fingerprint density at radius 3 is 2.47 bits per heavy atom. The van der Waals surface area contributed by atoms with E-state index in [-0.39, 0.29) is 6.04 Å². The van der Waals surface area contributed by atoms with E-state index in [1.54, 1.807) is 7.11 Å². The first kappa shape index (κ1) is 14.8. The Kier molecular flexibility index (Phi) is 7.09. The predicted octanol–water partition coefficient (Wildman–Crippen LogP) is 0.314. The standard InChI is InChI=1S/C11H26N2O2/c1-10(11(2,3)14)12-6-7-13(4)8-9-15-5/h10,12,14H,6-9H2,1-5H3. The highest BCUT2D eigenvalue weighted by molar-refractivity contribution is 4.79. The number of ether oxygens (including phenoxy) is 1. The molecule has 0 aliphatic carbocycles. The second-order valence-corrected chi connectivity index (χ2v) is 4.63. The first-order valence-electron chi connectivity index (χ1n) is 5.51. The van der Waals surface area contributed by atoms with Crippen LogP contribution in [0.15, 0.2) is 0 Å². The Balaban J connectivity index is 3.52. The second kappa shape index (κ2) is 7.17. The van der Waals surface area contributed by atoms with E-state index in [2.05, 4.69) is 17.3 Å². The van der Waals surface area contributed by atoms with E-state index in [4.69, 9.17) is 4.74 Å². The van der Waals surface area contributed by atoms with Crippen LogP contribution in [0.3, 0.4) is 0 Å². The molecule has 15 heavy (non-hydrogen) atoms. The van der Waals surface area contributed by atoms with Crippen LogP contribution in [0.1, 0.15) is 20.8 Å². The molecule has 0 heterocycles. The maximum absolute atomic E-state index is 9.70. The molecule has 0 aromatic carbocycles. The van der Waals surface area contributed by atoms with Crippen molar-refractivity contribution in [3.8, 4) is 0 Å². The van der Waals surface area contributed by atoms with Crippen molar-refractivity contribution in [1.82, 2.24) is 10.2 Å². The molecule has 0 aliphatic rings. The van der Waals surface area contributed by atoms with Crippen LogP contribution in [0, 0.1) is 0 Å². The van der Waals surface area contributed by atoms with Gasteiger partial charge in [0.05, 0.1) is 12.2 Å². The SMILES string of the molecule is COCCN(C)CCNC(C)C(C)(C)O. The number of nitrogens with one attached hydrogen (secondary N) is 1. The molecule has 1 atom stereocenters. The van der Waals surface area contributed by atoms with Crippen molar-refractivity contribution in [2.45, 2.75) is 32.4 Å². The van der Waals surface area contributed by atoms with E-state index < -0.39 is 5.60 Å². The third-order valence-electron chi connectivity index (χ3n) is 2.68. The van der Waals surface area contributed by atoms with Gasteiger partial charge in [-0.05, 0) is 27.8 Å². The molecule has 4 nitrogen and oxygen atoms in total. The first-order chi connectivity index (χ1) is 6.88. The van der Waals surface area contributed by atoms with Crippen LogP contribution in [0.4, 0.5) is 0 Å². The smallest absolute Gasteiger partial charge is 0.0741 e. The summed E-state index contributed by atoms with van der Waals surface area (Å²) in [5.41, 5.74) is -0.662. The van der Waals surface area contributed by atoms with Gasteiger partial charge in [-0.3, -0.25) is 0 Å². The molecule has 2 N–H and O–H groups in total. The molecule has 0 saturated heterocycles. The van der Waals surface area contributed by atoms with Crippen LogP contribution in [0.2, 0.25) is 0 Å². The van der Waals surface area contributed by atoms with E-state index in [1.807, 2.05) is 20.8 Å².